The molecule has 0 bridgehead atoms. The van der Waals surface area contributed by atoms with Crippen LogP contribution in [0.15, 0.2) is 60.7 Å². The minimum Gasteiger partial charge on any atom is -0.462 e. The summed E-state index contributed by atoms with van der Waals surface area (Å²) in [6.07, 6.45) is 1.40. The lowest BCUT2D eigenvalue weighted by Crippen LogP contribution is -2.64. The number of benzene rings is 2. The van der Waals surface area contributed by atoms with E-state index in [2.05, 4.69) is 16.0 Å². The van der Waals surface area contributed by atoms with Crippen LogP contribution < -0.4 is 16.0 Å². The van der Waals surface area contributed by atoms with Crippen LogP contribution in [0.2, 0.25) is 0 Å². The molecule has 1 saturated heterocycles. The molecule has 3 rings (SSSR count). The lowest BCUT2D eigenvalue weighted by atomic mass is 9.94. The standard InChI is InChI=1S/C40H56N4O9/c1-8-40(7,37(49)42-32(27(2)3)34(46)44-24-17-23-31(44)36(48)52-26-28-18-11-9-12-19-28)43-33(45)30(41-38(50)53-39(4,5)6)22-15-16-25-51-35(47)29-20-13-10-14-21-29/h9-14,18-21,27,30-32H,8,15-17,22-26H2,1-7H3,(H,41,50)(H,42,49)(H,43,45)/t30-,31+,32-,40+/m0/s1. The highest BCUT2D eigenvalue weighted by Crippen LogP contribution is 2.23. The van der Waals surface area contributed by atoms with Crippen LogP contribution in [0.3, 0.4) is 0 Å². The van der Waals surface area contributed by atoms with Gasteiger partial charge in [-0.2, -0.15) is 0 Å². The van der Waals surface area contributed by atoms with E-state index in [1.165, 1.54) is 4.90 Å². The van der Waals surface area contributed by atoms with Gasteiger partial charge in [0.15, 0.2) is 0 Å². The second-order valence-corrected chi connectivity index (χ2v) is 14.8. The summed E-state index contributed by atoms with van der Waals surface area (Å²) in [6.45, 7) is 12.5. The molecule has 0 aliphatic carbocycles. The predicted octanol–water partition coefficient (Wildman–Crippen LogP) is 5.07. The molecule has 53 heavy (non-hydrogen) atoms. The average Bonchev–Trinajstić information content (AvgIpc) is 3.62. The number of unbranched alkanes of at least 4 members (excludes halogenated alkanes) is 1. The molecule has 4 amide bonds. The second kappa shape index (κ2) is 19.8. The van der Waals surface area contributed by atoms with E-state index in [1.54, 1.807) is 78.8 Å². The normalized spacial score (nSPS) is 16.5. The first-order chi connectivity index (χ1) is 25.0. The van der Waals surface area contributed by atoms with Crippen molar-refractivity contribution in [1.29, 1.82) is 0 Å². The van der Waals surface area contributed by atoms with Crippen LogP contribution in [0.5, 0.6) is 0 Å². The van der Waals surface area contributed by atoms with Crippen molar-refractivity contribution in [1.82, 2.24) is 20.9 Å². The summed E-state index contributed by atoms with van der Waals surface area (Å²) in [6, 6.07) is 15.0. The van der Waals surface area contributed by atoms with Crippen molar-refractivity contribution in [3.8, 4) is 0 Å². The summed E-state index contributed by atoms with van der Waals surface area (Å²) in [5.41, 5.74) is -1.03. The van der Waals surface area contributed by atoms with Gasteiger partial charge >= 0.3 is 18.0 Å². The molecule has 3 N–H and O–H groups in total. The molecule has 0 radical (unpaired) electrons. The van der Waals surface area contributed by atoms with E-state index < -0.39 is 65.0 Å². The molecule has 2 aromatic carbocycles. The number of esters is 2. The number of carbonyl (C=O) groups excluding carboxylic acids is 6. The van der Waals surface area contributed by atoms with Crippen LogP contribution in [0.4, 0.5) is 4.79 Å². The number of alkyl carbamates (subject to hydrolysis) is 1. The number of ether oxygens (including phenoxy) is 3. The van der Waals surface area contributed by atoms with E-state index in [0.717, 1.165) is 5.56 Å². The predicted molar refractivity (Wildman–Crippen MR) is 198 cm³/mol. The molecule has 0 aromatic heterocycles. The summed E-state index contributed by atoms with van der Waals surface area (Å²) >= 11 is 0. The molecule has 13 heteroatoms. The average molecular weight is 737 g/mol. The summed E-state index contributed by atoms with van der Waals surface area (Å²) < 4.78 is 16.3. The van der Waals surface area contributed by atoms with Crippen LogP contribution in [0, 0.1) is 5.92 Å². The highest BCUT2D eigenvalue weighted by molar-refractivity contribution is 5.97. The zero-order valence-electron chi connectivity index (χ0n) is 32.1. The van der Waals surface area contributed by atoms with E-state index in [0.29, 0.717) is 37.8 Å². The summed E-state index contributed by atoms with van der Waals surface area (Å²) in [5, 5.41) is 8.26. The Labute approximate surface area is 312 Å². The molecule has 13 nitrogen and oxygen atoms in total. The minimum atomic E-state index is -1.47. The fourth-order valence-electron chi connectivity index (χ4n) is 5.75. The quantitative estimate of drug-likeness (QED) is 0.114. The van der Waals surface area contributed by atoms with Gasteiger partial charge in [-0.1, -0.05) is 69.3 Å². The van der Waals surface area contributed by atoms with Crippen molar-refractivity contribution >= 4 is 35.8 Å². The minimum absolute atomic E-state index is 0.0859. The maximum atomic E-state index is 13.9. The Balaban J connectivity index is 1.66. The van der Waals surface area contributed by atoms with Crippen molar-refractivity contribution < 1.29 is 43.0 Å². The molecule has 1 fully saturated rings. The van der Waals surface area contributed by atoms with Gasteiger partial charge < -0.3 is 35.1 Å². The van der Waals surface area contributed by atoms with Crippen molar-refractivity contribution in [3.63, 3.8) is 0 Å². The smallest absolute Gasteiger partial charge is 0.408 e. The van der Waals surface area contributed by atoms with E-state index in [-0.39, 0.29) is 32.0 Å². The lowest BCUT2D eigenvalue weighted by molar-refractivity contribution is -0.155. The number of nitrogens with one attached hydrogen (secondary N) is 3. The number of hydrogen-bond donors (Lipinski definition) is 3. The highest BCUT2D eigenvalue weighted by Gasteiger charge is 2.42. The second-order valence-electron chi connectivity index (χ2n) is 14.8. The van der Waals surface area contributed by atoms with Gasteiger partial charge in [0.05, 0.1) is 12.2 Å². The third-order valence-electron chi connectivity index (χ3n) is 9.00. The Morgan fingerprint density at radius 2 is 1.51 bits per heavy atom. The summed E-state index contributed by atoms with van der Waals surface area (Å²) in [4.78, 5) is 81.2. The van der Waals surface area contributed by atoms with Crippen molar-refractivity contribution in [3.05, 3.63) is 71.8 Å². The van der Waals surface area contributed by atoms with Gasteiger partial charge in [-0.05, 0) is 89.8 Å². The summed E-state index contributed by atoms with van der Waals surface area (Å²) in [5.74, 6) is -2.93. The van der Waals surface area contributed by atoms with Crippen molar-refractivity contribution in [2.45, 2.75) is 123 Å². The number of carbonyl (C=O) groups is 6. The highest BCUT2D eigenvalue weighted by atomic mass is 16.6. The number of rotatable bonds is 17. The molecule has 0 unspecified atom stereocenters. The number of nitrogens with zero attached hydrogens (tertiary/aromatic N) is 1. The summed E-state index contributed by atoms with van der Waals surface area (Å²) in [7, 11) is 0. The molecule has 0 saturated carbocycles. The zero-order valence-corrected chi connectivity index (χ0v) is 32.1. The molecule has 1 aliphatic rings. The monoisotopic (exact) mass is 736 g/mol. The molecule has 4 atom stereocenters. The van der Waals surface area contributed by atoms with Gasteiger partial charge in [0.2, 0.25) is 17.7 Å². The first kappa shape index (κ1) is 42.5. The Kier molecular flexibility index (Phi) is 15.8. The van der Waals surface area contributed by atoms with Crippen molar-refractivity contribution in [2.75, 3.05) is 13.2 Å². The van der Waals surface area contributed by atoms with Crippen LogP contribution in [0.25, 0.3) is 0 Å². The first-order valence-electron chi connectivity index (χ1n) is 18.4. The molecule has 1 heterocycles. The van der Waals surface area contributed by atoms with Crippen molar-refractivity contribution in [2.24, 2.45) is 5.92 Å². The molecule has 0 spiro atoms. The topological polar surface area (TPSA) is 169 Å². The maximum absolute atomic E-state index is 13.9. The van der Waals surface area contributed by atoms with Gasteiger partial charge in [-0.15, -0.1) is 0 Å². The fraction of sp³-hybridized carbons (Fsp3) is 0.550. The molecule has 290 valence electrons. The Morgan fingerprint density at radius 1 is 0.868 bits per heavy atom. The zero-order chi connectivity index (χ0) is 39.2. The maximum Gasteiger partial charge on any atom is 0.408 e. The third-order valence-corrected chi connectivity index (χ3v) is 9.00. The Morgan fingerprint density at radius 3 is 2.11 bits per heavy atom. The van der Waals surface area contributed by atoms with E-state index in [4.69, 9.17) is 14.2 Å². The van der Waals surface area contributed by atoms with Gasteiger partial charge in [-0.25, -0.2) is 14.4 Å². The number of amides is 4. The number of hydrogen-bond acceptors (Lipinski definition) is 9. The van der Waals surface area contributed by atoms with E-state index in [9.17, 15) is 28.8 Å². The van der Waals surface area contributed by atoms with Crippen LogP contribution in [0.1, 0.15) is 103 Å². The molecular formula is C40H56N4O9. The molecule has 1 aliphatic heterocycles. The fourth-order valence-corrected chi connectivity index (χ4v) is 5.75. The lowest BCUT2D eigenvalue weighted by Gasteiger charge is -2.35. The third kappa shape index (κ3) is 13.2. The van der Waals surface area contributed by atoms with E-state index in [1.807, 2.05) is 30.3 Å². The molecular weight excluding hydrogens is 680 g/mol. The Hall–Kier alpha value is -4.94. The SMILES string of the molecule is CC[C@@](C)(NC(=O)[C@H](CCCCOC(=O)c1ccccc1)NC(=O)OC(C)(C)C)C(=O)N[C@H](C(=O)N1CCC[C@@H]1C(=O)OCc1ccccc1)C(C)C. The largest absolute Gasteiger partial charge is 0.462 e. The van der Waals surface area contributed by atoms with Gasteiger partial charge in [0, 0.05) is 6.54 Å². The first-order valence-corrected chi connectivity index (χ1v) is 18.4. The van der Waals surface area contributed by atoms with E-state index >= 15 is 0 Å². The van der Waals surface area contributed by atoms with Gasteiger partial charge in [0.25, 0.3) is 0 Å². The Bertz CT molecular complexity index is 1540. The molecule has 2 aromatic rings. The van der Waals surface area contributed by atoms with Gasteiger partial charge in [0.1, 0.15) is 35.9 Å². The van der Waals surface area contributed by atoms with Gasteiger partial charge in [-0.3, -0.25) is 14.4 Å². The van der Waals surface area contributed by atoms with Crippen LogP contribution in [-0.2, 0) is 40.0 Å². The number of likely N-dealkylation sites (tertiary alicyclic amines) is 1. The van der Waals surface area contributed by atoms with Crippen LogP contribution >= 0.6 is 0 Å². The van der Waals surface area contributed by atoms with Crippen LogP contribution in [-0.4, -0.2) is 83.1 Å².